The maximum atomic E-state index is 3.94. The molecule has 2 rings (SSSR count). The fourth-order valence-electron chi connectivity index (χ4n) is 1.57. The summed E-state index contributed by atoms with van der Waals surface area (Å²) >= 11 is 4.82. The maximum Gasteiger partial charge on any atom is 0.227 e. The van der Waals surface area contributed by atoms with Gasteiger partial charge in [0.25, 0.3) is 0 Å². The van der Waals surface area contributed by atoms with E-state index in [1.165, 1.54) is 22.7 Å². The van der Waals surface area contributed by atoms with E-state index in [1.54, 1.807) is 0 Å². The van der Waals surface area contributed by atoms with Crippen molar-refractivity contribution in [1.82, 2.24) is 14.8 Å². The summed E-state index contributed by atoms with van der Waals surface area (Å²) in [5.41, 5.74) is 2.67. The lowest BCUT2D eigenvalue weighted by Crippen LogP contribution is -2.20. The second-order valence-electron chi connectivity index (χ2n) is 3.89. The number of anilines is 1. The van der Waals surface area contributed by atoms with Crippen molar-refractivity contribution < 1.29 is 0 Å². The number of nitrogens with zero attached hydrogens (tertiary/aromatic N) is 4. The molecule has 0 N–H and O–H groups in total. The average molecular weight is 313 g/mol. The van der Waals surface area contributed by atoms with E-state index in [-0.39, 0.29) is 0 Å². The molecule has 6 heteroatoms. The van der Waals surface area contributed by atoms with Gasteiger partial charge in [0.1, 0.15) is 0 Å². The zero-order chi connectivity index (χ0) is 12.3. The van der Waals surface area contributed by atoms with Gasteiger partial charge in [-0.2, -0.15) is 0 Å². The Bertz CT molecular complexity index is 486. The quantitative estimate of drug-likeness (QED) is 0.870. The summed E-state index contributed by atoms with van der Waals surface area (Å²) in [4.78, 5) is 2.07. The van der Waals surface area contributed by atoms with E-state index >= 15 is 0 Å². The van der Waals surface area contributed by atoms with Crippen LogP contribution in [0.1, 0.15) is 11.1 Å². The Hall–Kier alpha value is -1.01. The number of aromatic nitrogens is 3. The van der Waals surface area contributed by atoms with Gasteiger partial charge < -0.3 is 4.90 Å². The number of hydrogen-bond acceptors (Lipinski definition) is 5. The summed E-state index contributed by atoms with van der Waals surface area (Å²) in [6.07, 6.45) is 0.987. The van der Waals surface area contributed by atoms with E-state index in [1.807, 2.05) is 7.05 Å². The molecule has 0 aliphatic rings. The number of likely N-dealkylation sites (N-methyl/N-ethyl adjacent to an activating group) is 1. The summed E-state index contributed by atoms with van der Waals surface area (Å²) in [5, 5.41) is 8.40. The van der Waals surface area contributed by atoms with Gasteiger partial charge in [-0.25, -0.2) is 0 Å². The maximum absolute atomic E-state index is 3.94. The van der Waals surface area contributed by atoms with Crippen LogP contribution in [0.2, 0.25) is 0 Å². The third kappa shape index (κ3) is 3.23. The van der Waals surface area contributed by atoms with Gasteiger partial charge in [-0.15, -0.1) is 0 Å². The third-order valence-corrected chi connectivity index (χ3v) is 3.85. The molecule has 0 saturated carbocycles. The van der Waals surface area contributed by atoms with Crippen LogP contribution in [0.4, 0.5) is 5.13 Å². The van der Waals surface area contributed by atoms with Gasteiger partial charge in [-0.05, 0) is 41.8 Å². The van der Waals surface area contributed by atoms with Crippen LogP contribution in [0.5, 0.6) is 0 Å². The molecular weight excluding hydrogens is 300 g/mol. The SMILES string of the molecule is Cc1ccc(Br)cc1CCN(C)c1nnns1. The number of halogens is 1. The molecule has 1 aromatic heterocycles. The zero-order valence-corrected chi connectivity index (χ0v) is 12.1. The summed E-state index contributed by atoms with van der Waals surface area (Å²) < 4.78 is 4.88. The largest absolute Gasteiger partial charge is 0.348 e. The molecule has 0 radical (unpaired) electrons. The Kier molecular flexibility index (Phi) is 4.06. The molecule has 0 fully saturated rings. The highest BCUT2D eigenvalue weighted by atomic mass is 79.9. The average Bonchev–Trinajstić information content (AvgIpc) is 2.83. The van der Waals surface area contributed by atoms with E-state index in [4.69, 9.17) is 0 Å². The van der Waals surface area contributed by atoms with Crippen molar-refractivity contribution >= 4 is 32.6 Å². The third-order valence-electron chi connectivity index (χ3n) is 2.64. The van der Waals surface area contributed by atoms with Crippen LogP contribution in [0.3, 0.4) is 0 Å². The Balaban J connectivity index is 2.00. The van der Waals surface area contributed by atoms with E-state index in [0.29, 0.717) is 0 Å². The predicted octanol–water partition coefficient (Wildman–Crippen LogP) is 2.68. The highest BCUT2D eigenvalue weighted by molar-refractivity contribution is 9.10. The molecular formula is C11H13BrN4S. The lowest BCUT2D eigenvalue weighted by atomic mass is 10.1. The molecule has 0 saturated heterocycles. The van der Waals surface area contributed by atoms with Crippen molar-refractivity contribution in [2.24, 2.45) is 0 Å². The summed E-state index contributed by atoms with van der Waals surface area (Å²) in [6.45, 7) is 3.04. The first-order valence-electron chi connectivity index (χ1n) is 5.28. The van der Waals surface area contributed by atoms with Crippen LogP contribution < -0.4 is 4.90 Å². The van der Waals surface area contributed by atoms with E-state index in [0.717, 1.165) is 22.6 Å². The van der Waals surface area contributed by atoms with Crippen LogP contribution in [-0.4, -0.2) is 28.4 Å². The normalized spacial score (nSPS) is 10.5. The first-order valence-corrected chi connectivity index (χ1v) is 6.84. The van der Waals surface area contributed by atoms with Crippen molar-refractivity contribution in [2.75, 3.05) is 18.5 Å². The van der Waals surface area contributed by atoms with E-state index in [2.05, 4.69) is 60.8 Å². The Morgan fingerprint density at radius 1 is 1.41 bits per heavy atom. The monoisotopic (exact) mass is 312 g/mol. The molecule has 0 spiro atoms. The fraction of sp³-hybridized carbons (Fsp3) is 0.364. The van der Waals surface area contributed by atoms with Crippen molar-refractivity contribution in [1.29, 1.82) is 0 Å². The molecule has 0 atom stereocenters. The zero-order valence-electron chi connectivity index (χ0n) is 9.72. The van der Waals surface area contributed by atoms with Crippen LogP contribution >= 0.6 is 27.5 Å². The highest BCUT2D eigenvalue weighted by Gasteiger charge is 2.06. The van der Waals surface area contributed by atoms with Crippen LogP contribution in [0, 0.1) is 6.92 Å². The van der Waals surface area contributed by atoms with Crippen LogP contribution in [0.15, 0.2) is 22.7 Å². The smallest absolute Gasteiger partial charge is 0.227 e. The van der Waals surface area contributed by atoms with Gasteiger partial charge >= 0.3 is 0 Å². The molecule has 90 valence electrons. The topological polar surface area (TPSA) is 41.9 Å². The number of aryl methyl sites for hydroxylation is 1. The molecule has 0 bridgehead atoms. The number of benzene rings is 1. The molecule has 0 amide bonds. The van der Waals surface area contributed by atoms with Crippen molar-refractivity contribution in [3.63, 3.8) is 0 Å². The second kappa shape index (κ2) is 5.55. The molecule has 1 heterocycles. The molecule has 0 unspecified atom stereocenters. The predicted molar refractivity (Wildman–Crippen MR) is 73.6 cm³/mol. The van der Waals surface area contributed by atoms with Gasteiger partial charge in [0.2, 0.25) is 5.13 Å². The first kappa shape index (κ1) is 12.4. The Morgan fingerprint density at radius 2 is 2.24 bits per heavy atom. The molecule has 0 aliphatic heterocycles. The summed E-state index contributed by atoms with van der Waals surface area (Å²) in [7, 11) is 2.01. The van der Waals surface area contributed by atoms with Gasteiger partial charge in [-0.3, -0.25) is 0 Å². The van der Waals surface area contributed by atoms with E-state index < -0.39 is 0 Å². The lowest BCUT2D eigenvalue weighted by Gasteiger charge is -2.15. The number of rotatable bonds is 4. The molecule has 4 nitrogen and oxygen atoms in total. The standard InChI is InChI=1S/C11H13BrN4S/c1-8-3-4-10(12)7-9(8)5-6-16(2)11-13-14-15-17-11/h3-4,7H,5-6H2,1-2H3. The summed E-state index contributed by atoms with van der Waals surface area (Å²) in [6, 6.07) is 6.37. The number of hydrogen-bond donors (Lipinski definition) is 0. The van der Waals surface area contributed by atoms with E-state index in [9.17, 15) is 0 Å². The Labute approximate surface area is 113 Å². The summed E-state index contributed by atoms with van der Waals surface area (Å²) in [5.74, 6) is 0. The first-order chi connectivity index (χ1) is 8.16. The van der Waals surface area contributed by atoms with Gasteiger partial charge in [0, 0.05) is 29.6 Å². The van der Waals surface area contributed by atoms with Gasteiger partial charge in [0.05, 0.1) is 0 Å². The lowest BCUT2D eigenvalue weighted by molar-refractivity contribution is 0.844. The van der Waals surface area contributed by atoms with Crippen LogP contribution in [-0.2, 0) is 6.42 Å². The minimum Gasteiger partial charge on any atom is -0.348 e. The Morgan fingerprint density at radius 3 is 2.94 bits per heavy atom. The van der Waals surface area contributed by atoms with Crippen LogP contribution in [0.25, 0.3) is 0 Å². The molecule has 2 aromatic rings. The van der Waals surface area contributed by atoms with Gasteiger partial charge in [-0.1, -0.05) is 31.6 Å². The van der Waals surface area contributed by atoms with Crippen molar-refractivity contribution in [2.45, 2.75) is 13.3 Å². The van der Waals surface area contributed by atoms with Crippen molar-refractivity contribution in [3.8, 4) is 0 Å². The molecule has 0 aliphatic carbocycles. The molecule has 17 heavy (non-hydrogen) atoms. The fourth-order valence-corrected chi connectivity index (χ4v) is 2.43. The second-order valence-corrected chi connectivity index (χ2v) is 5.51. The minimum absolute atomic E-state index is 0.859. The minimum atomic E-state index is 0.859. The molecule has 1 aromatic carbocycles. The van der Waals surface area contributed by atoms with Gasteiger partial charge in [0.15, 0.2) is 0 Å². The highest BCUT2D eigenvalue weighted by Crippen LogP contribution is 2.18. The van der Waals surface area contributed by atoms with Crippen molar-refractivity contribution in [3.05, 3.63) is 33.8 Å².